The van der Waals surface area contributed by atoms with Gasteiger partial charge in [0.25, 0.3) is 5.91 Å². The maximum atomic E-state index is 13.1. The average Bonchev–Trinajstić information content (AvgIpc) is 2.33. The molecule has 1 aromatic rings. The number of likely N-dealkylation sites (N-methyl/N-ethyl adjacent to an activating group) is 1. The highest BCUT2D eigenvalue weighted by Crippen LogP contribution is 2.08. The van der Waals surface area contributed by atoms with Crippen LogP contribution in [0.4, 0.5) is 4.39 Å². The van der Waals surface area contributed by atoms with Crippen LogP contribution in [0.15, 0.2) is 24.3 Å². The Labute approximate surface area is 119 Å². The van der Waals surface area contributed by atoms with Crippen molar-refractivity contribution in [1.82, 2.24) is 10.2 Å². The van der Waals surface area contributed by atoms with Crippen molar-refractivity contribution in [2.24, 2.45) is 0 Å². The van der Waals surface area contributed by atoms with Gasteiger partial charge in [-0.05, 0) is 45.9 Å². The number of nitrogens with one attached hydrogen (secondary N) is 1. The SMILES string of the molecule is CCN(CC(=O)NC(C)(C)C)C(=O)c1cccc(F)c1. The van der Waals surface area contributed by atoms with E-state index in [1.807, 2.05) is 20.8 Å². The zero-order valence-electron chi connectivity index (χ0n) is 12.4. The van der Waals surface area contributed by atoms with Gasteiger partial charge in [-0.3, -0.25) is 9.59 Å². The second-order valence-corrected chi connectivity index (χ2v) is 5.63. The Hall–Kier alpha value is -1.91. The van der Waals surface area contributed by atoms with Gasteiger partial charge in [-0.1, -0.05) is 6.07 Å². The molecule has 0 fully saturated rings. The van der Waals surface area contributed by atoms with Gasteiger partial charge in [0.05, 0.1) is 6.54 Å². The first-order chi connectivity index (χ1) is 9.23. The van der Waals surface area contributed by atoms with Crippen LogP contribution in [0.5, 0.6) is 0 Å². The first-order valence-electron chi connectivity index (χ1n) is 6.59. The molecule has 0 spiro atoms. The van der Waals surface area contributed by atoms with Gasteiger partial charge in [0.15, 0.2) is 0 Å². The minimum absolute atomic E-state index is 0.0386. The maximum Gasteiger partial charge on any atom is 0.254 e. The molecule has 20 heavy (non-hydrogen) atoms. The number of hydrogen-bond acceptors (Lipinski definition) is 2. The molecule has 0 atom stereocenters. The van der Waals surface area contributed by atoms with Gasteiger partial charge in [0.2, 0.25) is 5.91 Å². The van der Waals surface area contributed by atoms with Crippen molar-refractivity contribution < 1.29 is 14.0 Å². The van der Waals surface area contributed by atoms with Crippen LogP contribution < -0.4 is 5.32 Å². The van der Waals surface area contributed by atoms with Gasteiger partial charge in [-0.15, -0.1) is 0 Å². The van der Waals surface area contributed by atoms with Crippen molar-refractivity contribution in [2.45, 2.75) is 33.2 Å². The van der Waals surface area contributed by atoms with Gasteiger partial charge in [0, 0.05) is 17.6 Å². The topological polar surface area (TPSA) is 49.4 Å². The minimum atomic E-state index is -0.467. The van der Waals surface area contributed by atoms with Gasteiger partial charge in [-0.25, -0.2) is 4.39 Å². The van der Waals surface area contributed by atoms with E-state index in [2.05, 4.69) is 5.32 Å². The number of benzene rings is 1. The molecule has 0 bridgehead atoms. The van der Waals surface area contributed by atoms with Crippen molar-refractivity contribution in [2.75, 3.05) is 13.1 Å². The summed E-state index contributed by atoms with van der Waals surface area (Å²) in [6.45, 7) is 7.73. The fourth-order valence-electron chi connectivity index (χ4n) is 1.76. The number of amides is 2. The van der Waals surface area contributed by atoms with Crippen LogP contribution in [0.1, 0.15) is 38.1 Å². The zero-order valence-corrected chi connectivity index (χ0v) is 12.4. The van der Waals surface area contributed by atoms with Crippen LogP contribution in [0, 0.1) is 5.82 Å². The summed E-state index contributed by atoms with van der Waals surface area (Å²) < 4.78 is 13.1. The van der Waals surface area contributed by atoms with Crippen molar-refractivity contribution >= 4 is 11.8 Å². The Morgan fingerprint density at radius 3 is 2.45 bits per heavy atom. The summed E-state index contributed by atoms with van der Waals surface area (Å²) in [6, 6.07) is 5.47. The number of hydrogen-bond donors (Lipinski definition) is 1. The third-order valence-corrected chi connectivity index (χ3v) is 2.59. The third-order valence-electron chi connectivity index (χ3n) is 2.59. The highest BCUT2D eigenvalue weighted by Gasteiger charge is 2.20. The molecule has 110 valence electrons. The summed E-state index contributed by atoms with van der Waals surface area (Å²) in [5.74, 6) is -1.05. The molecule has 2 amide bonds. The minimum Gasteiger partial charge on any atom is -0.350 e. The third kappa shape index (κ3) is 4.99. The highest BCUT2D eigenvalue weighted by molar-refractivity contribution is 5.96. The number of rotatable bonds is 4. The smallest absolute Gasteiger partial charge is 0.254 e. The molecule has 0 saturated heterocycles. The van der Waals surface area contributed by atoms with E-state index in [-0.39, 0.29) is 29.5 Å². The fraction of sp³-hybridized carbons (Fsp3) is 0.467. The van der Waals surface area contributed by atoms with Crippen molar-refractivity contribution in [3.8, 4) is 0 Å². The van der Waals surface area contributed by atoms with E-state index in [9.17, 15) is 14.0 Å². The Morgan fingerprint density at radius 1 is 1.30 bits per heavy atom. The summed E-state index contributed by atoms with van der Waals surface area (Å²) in [4.78, 5) is 25.4. The van der Waals surface area contributed by atoms with Crippen LogP contribution in [0.2, 0.25) is 0 Å². The fourth-order valence-corrected chi connectivity index (χ4v) is 1.76. The summed E-state index contributed by atoms with van der Waals surface area (Å²) >= 11 is 0. The largest absolute Gasteiger partial charge is 0.350 e. The Kier molecular flexibility index (Phi) is 5.25. The van der Waals surface area contributed by atoms with Crippen LogP contribution in [-0.2, 0) is 4.79 Å². The second-order valence-electron chi connectivity index (χ2n) is 5.63. The first-order valence-corrected chi connectivity index (χ1v) is 6.59. The molecule has 0 aliphatic carbocycles. The van der Waals surface area contributed by atoms with Gasteiger partial charge < -0.3 is 10.2 Å². The molecule has 4 nitrogen and oxygen atoms in total. The molecule has 5 heteroatoms. The molecule has 1 N–H and O–H groups in total. The molecule has 0 aliphatic rings. The molecule has 0 aromatic heterocycles. The first kappa shape index (κ1) is 16.1. The van der Waals surface area contributed by atoms with Crippen LogP contribution in [0.25, 0.3) is 0 Å². The predicted molar refractivity (Wildman–Crippen MR) is 75.9 cm³/mol. The molecule has 0 unspecified atom stereocenters. The van der Waals surface area contributed by atoms with E-state index in [4.69, 9.17) is 0 Å². The van der Waals surface area contributed by atoms with Crippen LogP contribution in [-0.4, -0.2) is 35.3 Å². The second kappa shape index (κ2) is 6.50. The number of nitrogens with zero attached hydrogens (tertiary/aromatic N) is 1. The summed E-state index contributed by atoms with van der Waals surface area (Å²) in [5.41, 5.74) is -0.103. The molecule has 1 aromatic carbocycles. The lowest BCUT2D eigenvalue weighted by Gasteiger charge is -2.25. The van der Waals surface area contributed by atoms with E-state index in [0.717, 1.165) is 0 Å². The van der Waals surface area contributed by atoms with E-state index in [1.54, 1.807) is 6.92 Å². The van der Waals surface area contributed by atoms with Crippen molar-refractivity contribution in [3.05, 3.63) is 35.6 Å². The Bertz CT molecular complexity index is 495. The number of halogens is 1. The van der Waals surface area contributed by atoms with Crippen molar-refractivity contribution in [1.29, 1.82) is 0 Å². The molecule has 0 saturated carbocycles. The normalized spacial score (nSPS) is 11.1. The highest BCUT2D eigenvalue weighted by atomic mass is 19.1. The Morgan fingerprint density at radius 2 is 1.95 bits per heavy atom. The molecule has 0 radical (unpaired) electrons. The van der Waals surface area contributed by atoms with E-state index >= 15 is 0 Å². The summed E-state index contributed by atoms with van der Waals surface area (Å²) in [7, 11) is 0. The van der Waals surface area contributed by atoms with Gasteiger partial charge in [0.1, 0.15) is 5.82 Å². The average molecular weight is 280 g/mol. The molecular formula is C15H21FN2O2. The van der Waals surface area contributed by atoms with Gasteiger partial charge in [-0.2, -0.15) is 0 Å². The van der Waals surface area contributed by atoms with Crippen LogP contribution in [0.3, 0.4) is 0 Å². The Balaban J connectivity index is 2.76. The van der Waals surface area contributed by atoms with Crippen molar-refractivity contribution in [3.63, 3.8) is 0 Å². The maximum absolute atomic E-state index is 13.1. The standard InChI is InChI=1S/C15H21FN2O2/c1-5-18(10-13(19)17-15(2,3)4)14(20)11-7-6-8-12(16)9-11/h6-9H,5,10H2,1-4H3,(H,17,19). The number of carbonyl (C=O) groups excluding carboxylic acids is 2. The van der Waals surface area contributed by atoms with Gasteiger partial charge >= 0.3 is 0 Å². The molecule has 0 aliphatic heterocycles. The molecular weight excluding hydrogens is 259 g/mol. The van der Waals surface area contributed by atoms with E-state index < -0.39 is 5.82 Å². The van der Waals surface area contributed by atoms with Crippen LogP contribution >= 0.6 is 0 Å². The molecule has 0 heterocycles. The number of carbonyl (C=O) groups is 2. The summed E-state index contributed by atoms with van der Waals surface area (Å²) in [5, 5.41) is 2.79. The quantitative estimate of drug-likeness (QED) is 0.919. The lowest BCUT2D eigenvalue weighted by molar-refractivity contribution is -0.123. The lowest BCUT2D eigenvalue weighted by Crippen LogP contribution is -2.47. The lowest BCUT2D eigenvalue weighted by atomic mass is 10.1. The van der Waals surface area contributed by atoms with E-state index in [0.29, 0.717) is 6.54 Å². The van der Waals surface area contributed by atoms with E-state index in [1.165, 1.54) is 29.2 Å². The monoisotopic (exact) mass is 280 g/mol. The predicted octanol–water partition coefficient (Wildman–Crippen LogP) is 2.20. The molecule has 1 rings (SSSR count). The zero-order chi connectivity index (χ0) is 15.3. The summed E-state index contributed by atoms with van der Waals surface area (Å²) in [6.07, 6.45) is 0.